The van der Waals surface area contributed by atoms with Crippen LogP contribution in [0, 0.1) is 6.92 Å². The highest BCUT2D eigenvalue weighted by Gasteiger charge is 2.14. The average Bonchev–Trinajstić information content (AvgIpc) is 2.70. The molecule has 20 heavy (non-hydrogen) atoms. The molecule has 1 N–H and O–H groups in total. The number of anilines is 1. The van der Waals surface area contributed by atoms with Gasteiger partial charge in [0.25, 0.3) is 0 Å². The number of benzene rings is 1. The molecule has 6 heteroatoms. The number of ether oxygens (including phenoxy) is 2. The van der Waals surface area contributed by atoms with E-state index in [1.54, 1.807) is 18.9 Å². The summed E-state index contributed by atoms with van der Waals surface area (Å²) in [7, 11) is 5.18. The molecule has 0 amide bonds. The number of aromatic nitrogens is 2. The maximum Gasteiger partial charge on any atom is 0.216 e. The van der Waals surface area contributed by atoms with Crippen molar-refractivity contribution in [1.29, 1.82) is 0 Å². The van der Waals surface area contributed by atoms with Crippen LogP contribution < -0.4 is 14.8 Å². The summed E-state index contributed by atoms with van der Waals surface area (Å²) in [6.45, 7) is 2.59. The molecule has 0 atom stereocenters. The Balaban J connectivity index is 2.23. The number of nitrogens with zero attached hydrogens (tertiary/aromatic N) is 2. The average molecular weight is 340 g/mol. The molecule has 1 heterocycles. The third-order valence-electron chi connectivity index (χ3n) is 3.10. The van der Waals surface area contributed by atoms with Gasteiger partial charge in [0.2, 0.25) is 5.88 Å². The van der Waals surface area contributed by atoms with Crippen LogP contribution in [-0.2, 0) is 13.6 Å². The van der Waals surface area contributed by atoms with Crippen molar-refractivity contribution in [1.82, 2.24) is 9.78 Å². The van der Waals surface area contributed by atoms with Crippen molar-refractivity contribution in [2.75, 3.05) is 19.5 Å². The SMILES string of the molecule is COc1ccc(Br)cc1NCc1c(C)nn(C)c1OC. The first-order chi connectivity index (χ1) is 9.56. The molecule has 5 nitrogen and oxygen atoms in total. The van der Waals surface area contributed by atoms with Crippen LogP contribution in [0.3, 0.4) is 0 Å². The zero-order chi connectivity index (χ0) is 14.7. The van der Waals surface area contributed by atoms with Gasteiger partial charge in [-0.3, -0.25) is 0 Å². The van der Waals surface area contributed by atoms with E-state index in [1.807, 2.05) is 32.2 Å². The van der Waals surface area contributed by atoms with Crippen LogP contribution in [0.25, 0.3) is 0 Å². The second-order valence-electron chi connectivity index (χ2n) is 4.40. The Kier molecular flexibility index (Phi) is 4.54. The van der Waals surface area contributed by atoms with Crippen LogP contribution in [0.15, 0.2) is 22.7 Å². The van der Waals surface area contributed by atoms with Gasteiger partial charge in [-0.1, -0.05) is 15.9 Å². The second-order valence-corrected chi connectivity index (χ2v) is 5.31. The zero-order valence-electron chi connectivity index (χ0n) is 12.0. The highest BCUT2D eigenvalue weighted by Crippen LogP contribution is 2.29. The third-order valence-corrected chi connectivity index (χ3v) is 3.59. The molecule has 108 valence electrons. The minimum Gasteiger partial charge on any atom is -0.495 e. The molecule has 0 fully saturated rings. The van der Waals surface area contributed by atoms with Crippen LogP contribution in [-0.4, -0.2) is 24.0 Å². The minimum atomic E-state index is 0.621. The Morgan fingerprint density at radius 1 is 1.30 bits per heavy atom. The van der Waals surface area contributed by atoms with Gasteiger partial charge in [-0.25, -0.2) is 4.68 Å². The molecule has 0 aliphatic carbocycles. The van der Waals surface area contributed by atoms with E-state index in [0.29, 0.717) is 6.54 Å². The summed E-state index contributed by atoms with van der Waals surface area (Å²) < 4.78 is 13.5. The van der Waals surface area contributed by atoms with E-state index < -0.39 is 0 Å². The molecule has 1 aromatic heterocycles. The fourth-order valence-corrected chi connectivity index (χ4v) is 2.50. The first-order valence-corrected chi connectivity index (χ1v) is 7.00. The second kappa shape index (κ2) is 6.17. The largest absolute Gasteiger partial charge is 0.495 e. The van der Waals surface area contributed by atoms with E-state index in [-0.39, 0.29) is 0 Å². The van der Waals surface area contributed by atoms with Gasteiger partial charge in [-0.15, -0.1) is 0 Å². The zero-order valence-corrected chi connectivity index (χ0v) is 13.6. The topological polar surface area (TPSA) is 48.3 Å². The fraction of sp³-hybridized carbons (Fsp3) is 0.357. The predicted molar refractivity (Wildman–Crippen MR) is 82.5 cm³/mol. The van der Waals surface area contributed by atoms with E-state index in [0.717, 1.165) is 33.0 Å². The summed E-state index contributed by atoms with van der Waals surface area (Å²) in [5, 5.41) is 7.73. The fourth-order valence-electron chi connectivity index (χ4n) is 2.14. The summed E-state index contributed by atoms with van der Waals surface area (Å²) in [5.74, 6) is 1.57. The molecule has 0 saturated carbocycles. The molecule has 0 spiro atoms. The molecular weight excluding hydrogens is 322 g/mol. The lowest BCUT2D eigenvalue weighted by Gasteiger charge is -2.12. The van der Waals surface area contributed by atoms with Crippen molar-refractivity contribution in [3.8, 4) is 11.6 Å². The predicted octanol–water partition coefficient (Wildman–Crippen LogP) is 3.12. The normalized spacial score (nSPS) is 10.4. The lowest BCUT2D eigenvalue weighted by Crippen LogP contribution is -2.04. The molecule has 2 aromatic rings. The van der Waals surface area contributed by atoms with Crippen molar-refractivity contribution in [2.24, 2.45) is 7.05 Å². The van der Waals surface area contributed by atoms with Gasteiger partial charge in [0.15, 0.2) is 0 Å². The standard InChI is InChI=1S/C14H18BrN3O2/c1-9-11(14(20-4)18(2)17-9)8-16-12-7-10(15)5-6-13(12)19-3/h5-7,16H,8H2,1-4H3. The van der Waals surface area contributed by atoms with Gasteiger partial charge in [-0.05, 0) is 25.1 Å². The van der Waals surface area contributed by atoms with E-state index >= 15 is 0 Å². The lowest BCUT2D eigenvalue weighted by atomic mass is 10.2. The molecule has 2 rings (SSSR count). The molecule has 0 bridgehead atoms. The first kappa shape index (κ1) is 14.7. The Hall–Kier alpha value is -1.69. The number of methoxy groups -OCH3 is 2. The van der Waals surface area contributed by atoms with Gasteiger partial charge in [0.1, 0.15) is 5.75 Å². The first-order valence-electron chi connectivity index (χ1n) is 6.20. The van der Waals surface area contributed by atoms with Crippen molar-refractivity contribution in [3.63, 3.8) is 0 Å². The Morgan fingerprint density at radius 2 is 2.05 bits per heavy atom. The van der Waals surface area contributed by atoms with Gasteiger partial charge in [0, 0.05) is 18.1 Å². The number of hydrogen-bond acceptors (Lipinski definition) is 4. The molecule has 0 aliphatic rings. The third kappa shape index (κ3) is 2.90. The van der Waals surface area contributed by atoms with Crippen LogP contribution in [0.4, 0.5) is 5.69 Å². The summed E-state index contributed by atoms with van der Waals surface area (Å²) in [5.41, 5.74) is 2.91. The van der Waals surface area contributed by atoms with E-state index in [1.165, 1.54) is 0 Å². The smallest absolute Gasteiger partial charge is 0.216 e. The Morgan fingerprint density at radius 3 is 2.70 bits per heavy atom. The Bertz CT molecular complexity index is 611. The van der Waals surface area contributed by atoms with Gasteiger partial charge in [-0.2, -0.15) is 5.10 Å². The number of nitrogens with one attached hydrogen (secondary N) is 1. The van der Waals surface area contributed by atoms with Crippen molar-refractivity contribution >= 4 is 21.6 Å². The van der Waals surface area contributed by atoms with Crippen molar-refractivity contribution < 1.29 is 9.47 Å². The van der Waals surface area contributed by atoms with E-state index in [9.17, 15) is 0 Å². The van der Waals surface area contributed by atoms with Crippen molar-refractivity contribution in [2.45, 2.75) is 13.5 Å². The maximum absolute atomic E-state index is 5.39. The molecule has 0 unspecified atom stereocenters. The quantitative estimate of drug-likeness (QED) is 0.909. The molecule has 0 radical (unpaired) electrons. The summed E-state index contributed by atoms with van der Waals surface area (Å²) in [4.78, 5) is 0. The van der Waals surface area contributed by atoms with E-state index in [2.05, 4.69) is 26.3 Å². The van der Waals surface area contributed by atoms with Crippen LogP contribution >= 0.6 is 15.9 Å². The van der Waals surface area contributed by atoms with Crippen LogP contribution in [0.2, 0.25) is 0 Å². The lowest BCUT2D eigenvalue weighted by molar-refractivity contribution is 0.369. The number of halogens is 1. The monoisotopic (exact) mass is 339 g/mol. The summed E-state index contributed by atoms with van der Waals surface area (Å²) >= 11 is 3.46. The molecule has 0 saturated heterocycles. The van der Waals surface area contributed by atoms with Gasteiger partial charge < -0.3 is 14.8 Å². The summed E-state index contributed by atoms with van der Waals surface area (Å²) in [6, 6.07) is 5.84. The number of aryl methyl sites for hydroxylation is 2. The molecule has 0 aliphatic heterocycles. The highest BCUT2D eigenvalue weighted by molar-refractivity contribution is 9.10. The maximum atomic E-state index is 5.39. The molecule has 1 aromatic carbocycles. The van der Waals surface area contributed by atoms with E-state index in [4.69, 9.17) is 9.47 Å². The van der Waals surface area contributed by atoms with Gasteiger partial charge >= 0.3 is 0 Å². The van der Waals surface area contributed by atoms with Crippen LogP contribution in [0.5, 0.6) is 11.6 Å². The summed E-state index contributed by atoms with van der Waals surface area (Å²) in [6.07, 6.45) is 0. The minimum absolute atomic E-state index is 0.621. The molecular formula is C14H18BrN3O2. The van der Waals surface area contributed by atoms with Crippen molar-refractivity contribution in [3.05, 3.63) is 33.9 Å². The number of rotatable bonds is 5. The number of hydrogen-bond donors (Lipinski definition) is 1. The highest BCUT2D eigenvalue weighted by atomic mass is 79.9. The Labute approximate surface area is 127 Å². The van der Waals surface area contributed by atoms with Gasteiger partial charge in [0.05, 0.1) is 31.2 Å². The van der Waals surface area contributed by atoms with Crippen LogP contribution in [0.1, 0.15) is 11.3 Å².